The summed E-state index contributed by atoms with van der Waals surface area (Å²) in [5, 5.41) is 22.2. The largest absolute Gasteiger partial charge is 0.871 e. The number of nitrogens with zero attached hydrogens (tertiary/aromatic N) is 1. The average Bonchev–Trinajstić information content (AvgIpc) is 2.79. The molecule has 106 valence electrons. The van der Waals surface area contributed by atoms with Crippen LogP contribution in [0.5, 0.6) is 5.75 Å². The fourth-order valence-corrected chi connectivity index (χ4v) is 3.89. The number of nitro benzene ring substituents is 1. The Morgan fingerprint density at radius 1 is 1.25 bits per heavy atom. The van der Waals surface area contributed by atoms with E-state index in [0.29, 0.717) is 0 Å². The Labute approximate surface area is 122 Å². The number of non-ortho nitro benzene ring substituents is 1. The van der Waals surface area contributed by atoms with Gasteiger partial charge < -0.3 is 5.11 Å². The van der Waals surface area contributed by atoms with Gasteiger partial charge in [-0.05, 0) is 12.1 Å². The highest BCUT2D eigenvalue weighted by atomic mass is 35.5. The highest BCUT2D eigenvalue weighted by Crippen LogP contribution is 2.31. The van der Waals surface area contributed by atoms with Crippen LogP contribution >= 0.6 is 22.9 Å². The molecule has 0 atom stereocenters. The zero-order valence-electron chi connectivity index (χ0n) is 9.57. The molecule has 0 aliphatic carbocycles. The first kappa shape index (κ1) is 14.6. The number of rotatable bonds is 4. The number of thiophene rings is 1. The van der Waals surface area contributed by atoms with Gasteiger partial charge in [0.1, 0.15) is 4.21 Å². The van der Waals surface area contributed by atoms with Crippen LogP contribution in [0.4, 0.5) is 11.4 Å². The standard InChI is InChI=1S/C10H7ClN2O5S2/c11-9-3-4-10(19-9)20(17,18)12-7-5-6(13(15)16)1-2-8(7)14/h1-5,12,14H/p-1. The van der Waals surface area contributed by atoms with E-state index < -0.39 is 20.7 Å². The summed E-state index contributed by atoms with van der Waals surface area (Å²) in [4.78, 5) is 9.89. The van der Waals surface area contributed by atoms with E-state index in [0.717, 1.165) is 29.5 Å². The molecule has 20 heavy (non-hydrogen) atoms. The van der Waals surface area contributed by atoms with E-state index in [2.05, 4.69) is 0 Å². The van der Waals surface area contributed by atoms with Gasteiger partial charge in [0.15, 0.2) is 0 Å². The highest BCUT2D eigenvalue weighted by Gasteiger charge is 2.18. The average molecular weight is 334 g/mol. The van der Waals surface area contributed by atoms with E-state index in [9.17, 15) is 23.6 Å². The fraction of sp³-hybridized carbons (Fsp3) is 0. The van der Waals surface area contributed by atoms with Gasteiger partial charge in [0, 0.05) is 17.8 Å². The van der Waals surface area contributed by atoms with Crippen molar-refractivity contribution < 1.29 is 18.4 Å². The SMILES string of the molecule is O=[N+]([O-])c1ccc([O-])c(NS(=O)(=O)c2ccc(Cl)s2)c1. The van der Waals surface area contributed by atoms with Crippen LogP contribution in [0.1, 0.15) is 0 Å². The van der Waals surface area contributed by atoms with Crippen molar-refractivity contribution in [3.63, 3.8) is 0 Å². The number of benzene rings is 1. The molecule has 0 bridgehead atoms. The second-order valence-corrected chi connectivity index (χ2v) is 7.23. The number of halogens is 1. The minimum absolute atomic E-state index is 0.0894. The summed E-state index contributed by atoms with van der Waals surface area (Å²) >= 11 is 6.45. The molecule has 0 aliphatic rings. The van der Waals surface area contributed by atoms with Crippen LogP contribution in [-0.2, 0) is 10.0 Å². The molecule has 7 nitrogen and oxygen atoms in total. The minimum Gasteiger partial charge on any atom is -0.871 e. The van der Waals surface area contributed by atoms with E-state index in [-0.39, 0.29) is 19.9 Å². The predicted octanol–water partition coefficient (Wildman–Crippen LogP) is 2.18. The molecule has 1 heterocycles. The molecule has 2 aromatic rings. The lowest BCUT2D eigenvalue weighted by molar-refractivity contribution is -0.385. The summed E-state index contributed by atoms with van der Waals surface area (Å²) in [6.45, 7) is 0. The van der Waals surface area contributed by atoms with E-state index in [1.165, 1.54) is 12.1 Å². The Bertz CT molecular complexity index is 772. The maximum Gasteiger partial charge on any atom is 0.271 e. The van der Waals surface area contributed by atoms with Crippen LogP contribution in [0.2, 0.25) is 4.34 Å². The van der Waals surface area contributed by atoms with Crippen molar-refractivity contribution >= 4 is 44.3 Å². The van der Waals surface area contributed by atoms with Gasteiger partial charge in [0.2, 0.25) is 0 Å². The number of nitro groups is 1. The number of nitrogens with one attached hydrogen (secondary N) is 1. The second kappa shape index (κ2) is 5.27. The fourth-order valence-electron chi connectivity index (χ4n) is 1.35. The molecule has 0 spiro atoms. The number of hydrogen-bond acceptors (Lipinski definition) is 6. The van der Waals surface area contributed by atoms with Crippen molar-refractivity contribution in [3.8, 4) is 5.75 Å². The monoisotopic (exact) mass is 333 g/mol. The van der Waals surface area contributed by atoms with Crippen LogP contribution < -0.4 is 9.83 Å². The molecule has 0 amide bonds. The molecular formula is C10H6ClN2O5S2-. The van der Waals surface area contributed by atoms with Crippen LogP contribution in [-0.4, -0.2) is 13.3 Å². The van der Waals surface area contributed by atoms with Crippen LogP contribution in [0.15, 0.2) is 34.5 Å². The zero-order chi connectivity index (χ0) is 14.9. The lowest BCUT2D eigenvalue weighted by Gasteiger charge is -2.14. The van der Waals surface area contributed by atoms with Crippen molar-refractivity contribution in [3.05, 3.63) is 44.8 Å². The van der Waals surface area contributed by atoms with E-state index >= 15 is 0 Å². The second-order valence-electron chi connectivity index (χ2n) is 3.60. The predicted molar refractivity (Wildman–Crippen MR) is 72.7 cm³/mol. The Morgan fingerprint density at radius 2 is 1.95 bits per heavy atom. The first-order valence-electron chi connectivity index (χ1n) is 5.03. The zero-order valence-corrected chi connectivity index (χ0v) is 12.0. The molecule has 0 unspecified atom stereocenters. The number of anilines is 1. The third kappa shape index (κ3) is 3.00. The maximum atomic E-state index is 12.0. The van der Waals surface area contributed by atoms with Crippen molar-refractivity contribution in [2.45, 2.75) is 4.21 Å². The third-order valence-electron chi connectivity index (χ3n) is 2.23. The summed E-state index contributed by atoms with van der Waals surface area (Å²) in [5.74, 6) is -0.665. The van der Waals surface area contributed by atoms with E-state index in [1.54, 1.807) is 0 Å². The molecule has 0 radical (unpaired) electrons. The van der Waals surface area contributed by atoms with E-state index in [1.807, 2.05) is 4.72 Å². The smallest absolute Gasteiger partial charge is 0.271 e. The first-order valence-corrected chi connectivity index (χ1v) is 7.71. The molecule has 1 aromatic heterocycles. The Hall–Kier alpha value is -1.84. The molecule has 1 aromatic carbocycles. The van der Waals surface area contributed by atoms with Gasteiger partial charge in [-0.25, -0.2) is 8.42 Å². The normalized spacial score (nSPS) is 11.2. The summed E-state index contributed by atoms with van der Waals surface area (Å²) in [7, 11) is -4.00. The molecular weight excluding hydrogens is 328 g/mol. The first-order chi connectivity index (χ1) is 9.29. The third-order valence-corrected chi connectivity index (χ3v) is 5.32. The quantitative estimate of drug-likeness (QED) is 0.680. The molecule has 0 aliphatic heterocycles. The minimum atomic E-state index is -4.00. The molecule has 0 fully saturated rings. The molecule has 0 saturated heterocycles. The molecule has 10 heteroatoms. The van der Waals surface area contributed by atoms with Gasteiger partial charge in [-0.3, -0.25) is 14.8 Å². The van der Waals surface area contributed by atoms with Crippen molar-refractivity contribution in [2.75, 3.05) is 4.72 Å². The van der Waals surface area contributed by atoms with Gasteiger partial charge in [-0.1, -0.05) is 23.4 Å². The summed E-state index contributed by atoms with van der Waals surface area (Å²) in [5.41, 5.74) is -0.768. The van der Waals surface area contributed by atoms with Crippen molar-refractivity contribution in [1.29, 1.82) is 0 Å². The van der Waals surface area contributed by atoms with Gasteiger partial charge >= 0.3 is 0 Å². The summed E-state index contributed by atoms with van der Waals surface area (Å²) in [6, 6.07) is 5.47. The Morgan fingerprint density at radius 3 is 2.50 bits per heavy atom. The summed E-state index contributed by atoms with van der Waals surface area (Å²) in [6.07, 6.45) is 0. The Balaban J connectivity index is 2.39. The molecule has 2 rings (SSSR count). The summed E-state index contributed by atoms with van der Waals surface area (Å²) < 4.78 is 26.2. The van der Waals surface area contributed by atoms with Crippen molar-refractivity contribution in [2.24, 2.45) is 0 Å². The lowest BCUT2D eigenvalue weighted by Crippen LogP contribution is -2.13. The topological polar surface area (TPSA) is 112 Å². The molecule has 0 saturated carbocycles. The van der Waals surface area contributed by atoms with Crippen molar-refractivity contribution in [1.82, 2.24) is 0 Å². The number of hydrogen-bond donors (Lipinski definition) is 1. The van der Waals surface area contributed by atoms with Gasteiger partial charge in [0.05, 0.1) is 9.26 Å². The van der Waals surface area contributed by atoms with E-state index in [4.69, 9.17) is 11.6 Å². The Kier molecular flexibility index (Phi) is 3.84. The van der Waals surface area contributed by atoms with Crippen LogP contribution in [0, 0.1) is 10.1 Å². The van der Waals surface area contributed by atoms with Gasteiger partial charge in [0.25, 0.3) is 15.7 Å². The van der Waals surface area contributed by atoms with Crippen LogP contribution in [0.25, 0.3) is 0 Å². The maximum absolute atomic E-state index is 12.0. The number of sulfonamides is 1. The van der Waals surface area contributed by atoms with Crippen LogP contribution in [0.3, 0.4) is 0 Å². The van der Waals surface area contributed by atoms with Gasteiger partial charge in [-0.2, -0.15) is 0 Å². The highest BCUT2D eigenvalue weighted by molar-refractivity contribution is 7.94. The lowest BCUT2D eigenvalue weighted by atomic mass is 10.2. The molecule has 1 N–H and O–H groups in total. The van der Waals surface area contributed by atoms with Gasteiger partial charge in [-0.15, -0.1) is 11.3 Å².